The van der Waals surface area contributed by atoms with Crippen molar-refractivity contribution in [1.29, 1.82) is 0 Å². The molecule has 3 N–H and O–H groups in total. The second-order valence-corrected chi connectivity index (χ2v) is 13.1. The van der Waals surface area contributed by atoms with Crippen LogP contribution in [0.15, 0.2) is 29.2 Å². The van der Waals surface area contributed by atoms with Gasteiger partial charge < -0.3 is 10.6 Å². The number of fused-ring (bicyclic) bond motifs is 1. The van der Waals surface area contributed by atoms with Gasteiger partial charge >= 0.3 is 6.03 Å². The number of hydrogen-bond donors (Lipinski definition) is 3. The lowest BCUT2D eigenvalue weighted by Crippen LogP contribution is -2.42. The Morgan fingerprint density at radius 1 is 1.05 bits per heavy atom. The number of thiophene rings is 1. The minimum atomic E-state index is -3.66. The Labute approximate surface area is 227 Å². The predicted molar refractivity (Wildman–Crippen MR) is 147 cm³/mol. The molecule has 1 aromatic carbocycles. The topological polar surface area (TPSA) is 128 Å². The summed E-state index contributed by atoms with van der Waals surface area (Å²) in [4.78, 5) is 41.3. The van der Waals surface area contributed by atoms with Crippen LogP contribution in [0.2, 0.25) is 0 Å². The Morgan fingerprint density at radius 3 is 2.32 bits per heavy atom. The van der Waals surface area contributed by atoms with E-state index in [1.807, 2.05) is 0 Å². The second kappa shape index (κ2) is 11.5. The first kappa shape index (κ1) is 28.2. The van der Waals surface area contributed by atoms with E-state index in [0.29, 0.717) is 36.6 Å². The van der Waals surface area contributed by atoms with E-state index in [9.17, 15) is 22.8 Å². The van der Waals surface area contributed by atoms with E-state index >= 15 is 0 Å². The number of urea groups is 1. The molecule has 2 aliphatic rings. The fraction of sp³-hybridized carbons (Fsp3) is 0.500. The summed E-state index contributed by atoms with van der Waals surface area (Å²) in [6.45, 7) is 9.43. The van der Waals surface area contributed by atoms with Gasteiger partial charge in [0.1, 0.15) is 5.00 Å². The number of likely N-dealkylation sites (N-methyl/N-ethyl adjacent to an activating group) is 1. The van der Waals surface area contributed by atoms with Gasteiger partial charge in [0.25, 0.3) is 11.8 Å². The van der Waals surface area contributed by atoms with Gasteiger partial charge in [-0.05, 0) is 61.1 Å². The summed E-state index contributed by atoms with van der Waals surface area (Å²) in [6, 6.07) is 5.23. The molecule has 2 aliphatic heterocycles. The second-order valence-electron chi connectivity index (χ2n) is 10.1. The zero-order valence-electron chi connectivity index (χ0n) is 22.2. The van der Waals surface area contributed by atoms with Crippen molar-refractivity contribution >= 4 is 44.2 Å². The highest BCUT2D eigenvalue weighted by molar-refractivity contribution is 7.89. The van der Waals surface area contributed by atoms with Gasteiger partial charge in [-0.3, -0.25) is 19.8 Å². The van der Waals surface area contributed by atoms with Gasteiger partial charge in [-0.15, -0.1) is 11.3 Å². The van der Waals surface area contributed by atoms with Crippen LogP contribution in [-0.4, -0.2) is 68.7 Å². The fourth-order valence-corrected chi connectivity index (χ4v) is 8.15. The maximum atomic E-state index is 13.2. The highest BCUT2D eigenvalue weighted by Gasteiger charge is 2.32. The SMILES string of the molecule is CCN1CCc2c(sc(NC(=O)c3ccc(S(=O)(=O)N4CC(C)CC(C)C4)cc3)c2C(=O)NC(=O)NC)C1. The number of carbonyl (C=O) groups excluding carboxylic acids is 3. The van der Waals surface area contributed by atoms with E-state index in [0.717, 1.165) is 30.0 Å². The minimum absolute atomic E-state index is 0.146. The first-order chi connectivity index (χ1) is 18.0. The van der Waals surface area contributed by atoms with E-state index < -0.39 is 27.9 Å². The molecule has 3 heterocycles. The molecule has 10 nitrogen and oxygen atoms in total. The molecule has 38 heavy (non-hydrogen) atoms. The zero-order chi connectivity index (χ0) is 27.6. The van der Waals surface area contributed by atoms with E-state index in [1.165, 1.54) is 47.0 Å². The Balaban J connectivity index is 1.56. The quantitative estimate of drug-likeness (QED) is 0.497. The molecule has 206 valence electrons. The average Bonchev–Trinajstić information content (AvgIpc) is 3.24. The molecule has 1 saturated heterocycles. The van der Waals surface area contributed by atoms with Crippen molar-refractivity contribution in [2.75, 3.05) is 38.5 Å². The maximum Gasteiger partial charge on any atom is 0.321 e. The van der Waals surface area contributed by atoms with E-state index in [1.54, 1.807) is 0 Å². The van der Waals surface area contributed by atoms with Crippen LogP contribution in [0.3, 0.4) is 0 Å². The van der Waals surface area contributed by atoms with Crippen molar-refractivity contribution in [3.8, 4) is 0 Å². The number of anilines is 1. The minimum Gasteiger partial charge on any atom is -0.341 e. The highest BCUT2D eigenvalue weighted by atomic mass is 32.2. The Bertz CT molecular complexity index is 1310. The summed E-state index contributed by atoms with van der Waals surface area (Å²) in [5.74, 6) is -0.466. The number of piperidine rings is 1. The lowest BCUT2D eigenvalue weighted by molar-refractivity contribution is 0.0964. The molecule has 2 aromatic rings. The third kappa shape index (κ3) is 5.93. The third-order valence-corrected chi connectivity index (χ3v) is 10.1. The van der Waals surface area contributed by atoms with Crippen LogP contribution >= 0.6 is 11.3 Å². The van der Waals surface area contributed by atoms with Crippen LogP contribution in [-0.2, 0) is 23.0 Å². The van der Waals surface area contributed by atoms with Crippen molar-refractivity contribution in [1.82, 2.24) is 19.8 Å². The first-order valence-electron chi connectivity index (χ1n) is 12.8. The smallest absolute Gasteiger partial charge is 0.321 e. The molecule has 0 radical (unpaired) electrons. The number of nitrogens with one attached hydrogen (secondary N) is 3. The number of sulfonamides is 1. The predicted octanol–water partition coefficient (Wildman–Crippen LogP) is 3.11. The zero-order valence-corrected chi connectivity index (χ0v) is 23.8. The van der Waals surface area contributed by atoms with Crippen LogP contribution in [0.5, 0.6) is 0 Å². The van der Waals surface area contributed by atoms with Crippen LogP contribution in [0.1, 0.15) is 58.3 Å². The molecule has 2 atom stereocenters. The maximum absolute atomic E-state index is 13.2. The number of nitrogens with zero attached hydrogens (tertiary/aromatic N) is 2. The molecule has 12 heteroatoms. The number of hydrogen-bond acceptors (Lipinski definition) is 7. The number of amides is 4. The summed E-state index contributed by atoms with van der Waals surface area (Å²) in [5, 5.41) is 7.87. The number of imide groups is 1. The van der Waals surface area contributed by atoms with Crippen molar-refractivity contribution in [3.05, 3.63) is 45.8 Å². The van der Waals surface area contributed by atoms with Crippen LogP contribution in [0, 0.1) is 11.8 Å². The standard InChI is InChI=1S/C26H35N5O5S2/c1-5-30-11-10-20-21(15-30)37-25(22(20)24(33)29-26(34)27-4)28-23(32)18-6-8-19(9-7-18)38(35,36)31-13-16(2)12-17(3)14-31/h6-9,16-17H,5,10-15H2,1-4H3,(H,28,32)(H2,27,29,33,34). The van der Waals surface area contributed by atoms with E-state index in [2.05, 4.69) is 41.6 Å². The molecule has 0 aliphatic carbocycles. The normalized spacial score (nSPS) is 20.4. The van der Waals surface area contributed by atoms with Gasteiger partial charge in [-0.1, -0.05) is 20.8 Å². The first-order valence-corrected chi connectivity index (χ1v) is 15.1. The fourth-order valence-electron chi connectivity index (χ4n) is 5.19. The van der Waals surface area contributed by atoms with Crippen LogP contribution in [0.4, 0.5) is 9.80 Å². The van der Waals surface area contributed by atoms with Gasteiger partial charge in [0, 0.05) is 43.7 Å². The molecular weight excluding hydrogens is 526 g/mol. The molecule has 0 spiro atoms. The van der Waals surface area contributed by atoms with Crippen molar-refractivity contribution in [3.63, 3.8) is 0 Å². The summed E-state index contributed by atoms with van der Waals surface area (Å²) in [7, 11) is -2.24. The van der Waals surface area contributed by atoms with Gasteiger partial charge in [-0.2, -0.15) is 4.31 Å². The van der Waals surface area contributed by atoms with Crippen molar-refractivity contribution < 1.29 is 22.8 Å². The largest absolute Gasteiger partial charge is 0.341 e. The molecule has 1 fully saturated rings. The van der Waals surface area contributed by atoms with Gasteiger partial charge in [0.15, 0.2) is 0 Å². The Kier molecular flexibility index (Phi) is 8.55. The lowest BCUT2D eigenvalue weighted by atomic mass is 9.94. The number of carbonyl (C=O) groups is 3. The molecule has 4 amide bonds. The molecular formula is C26H35N5O5S2. The van der Waals surface area contributed by atoms with Gasteiger partial charge in [0.2, 0.25) is 10.0 Å². The lowest BCUT2D eigenvalue weighted by Gasteiger charge is -2.34. The monoisotopic (exact) mass is 561 g/mol. The summed E-state index contributed by atoms with van der Waals surface area (Å²) < 4.78 is 27.9. The van der Waals surface area contributed by atoms with E-state index in [4.69, 9.17) is 0 Å². The summed E-state index contributed by atoms with van der Waals surface area (Å²) in [6.07, 6.45) is 1.63. The number of benzene rings is 1. The Morgan fingerprint density at radius 2 is 1.71 bits per heavy atom. The molecule has 2 unspecified atom stereocenters. The highest BCUT2D eigenvalue weighted by Crippen LogP contribution is 2.37. The van der Waals surface area contributed by atoms with Crippen LogP contribution < -0.4 is 16.0 Å². The summed E-state index contributed by atoms with van der Waals surface area (Å²) in [5.41, 5.74) is 1.40. The van der Waals surface area contributed by atoms with Crippen molar-refractivity contribution in [2.24, 2.45) is 11.8 Å². The third-order valence-electron chi connectivity index (χ3n) is 7.08. The Hall–Kier alpha value is -2.80. The average molecular weight is 562 g/mol. The molecule has 1 aromatic heterocycles. The molecule has 4 rings (SSSR count). The van der Waals surface area contributed by atoms with Gasteiger partial charge in [0.05, 0.1) is 10.5 Å². The van der Waals surface area contributed by atoms with Crippen molar-refractivity contribution in [2.45, 2.75) is 45.1 Å². The van der Waals surface area contributed by atoms with Gasteiger partial charge in [-0.25, -0.2) is 13.2 Å². The summed E-state index contributed by atoms with van der Waals surface area (Å²) >= 11 is 1.32. The number of rotatable bonds is 6. The molecule has 0 bridgehead atoms. The molecule has 0 saturated carbocycles. The van der Waals surface area contributed by atoms with Crippen LogP contribution in [0.25, 0.3) is 0 Å². The van der Waals surface area contributed by atoms with E-state index in [-0.39, 0.29) is 22.3 Å².